The molecular formula is C12H16BrFN2O2. The summed E-state index contributed by atoms with van der Waals surface area (Å²) in [7, 11) is 1.63. The van der Waals surface area contributed by atoms with Crippen LogP contribution in [-0.2, 0) is 4.74 Å². The molecule has 0 fully saturated rings. The Bertz CT molecular complexity index is 381. The molecule has 0 atom stereocenters. The molecule has 100 valence electrons. The summed E-state index contributed by atoms with van der Waals surface area (Å²) >= 11 is 3.15. The van der Waals surface area contributed by atoms with Gasteiger partial charge in [-0.25, -0.2) is 4.39 Å². The minimum absolute atomic E-state index is 0.288. The van der Waals surface area contributed by atoms with E-state index in [9.17, 15) is 9.18 Å². The van der Waals surface area contributed by atoms with Gasteiger partial charge in [0.25, 0.3) is 5.91 Å². The zero-order valence-electron chi connectivity index (χ0n) is 10.1. The lowest BCUT2D eigenvalue weighted by atomic mass is 10.2. The van der Waals surface area contributed by atoms with E-state index in [1.54, 1.807) is 13.2 Å². The zero-order valence-corrected chi connectivity index (χ0v) is 11.7. The van der Waals surface area contributed by atoms with Crippen LogP contribution in [0.25, 0.3) is 0 Å². The highest BCUT2D eigenvalue weighted by Crippen LogP contribution is 2.14. The fraction of sp³-hybridized carbons (Fsp3) is 0.417. The van der Waals surface area contributed by atoms with Crippen LogP contribution in [0.4, 0.5) is 4.39 Å². The fourth-order valence-corrected chi connectivity index (χ4v) is 1.82. The van der Waals surface area contributed by atoms with Crippen LogP contribution in [0, 0.1) is 5.82 Å². The van der Waals surface area contributed by atoms with Crippen LogP contribution in [0.1, 0.15) is 10.4 Å². The maximum atomic E-state index is 13.1. The lowest BCUT2D eigenvalue weighted by Gasteiger charge is -2.07. The molecule has 0 radical (unpaired) electrons. The van der Waals surface area contributed by atoms with Gasteiger partial charge < -0.3 is 15.4 Å². The molecule has 1 aromatic carbocycles. The zero-order chi connectivity index (χ0) is 13.4. The largest absolute Gasteiger partial charge is 0.383 e. The molecule has 4 nitrogen and oxygen atoms in total. The summed E-state index contributed by atoms with van der Waals surface area (Å²) in [5, 5.41) is 5.79. The third-order valence-corrected chi connectivity index (χ3v) is 2.65. The first-order chi connectivity index (χ1) is 8.63. The van der Waals surface area contributed by atoms with Crippen molar-refractivity contribution in [1.82, 2.24) is 10.6 Å². The summed E-state index contributed by atoms with van der Waals surface area (Å²) in [6.45, 7) is 2.49. The number of carbonyl (C=O) groups excluding carboxylic acids is 1. The second-order valence-corrected chi connectivity index (χ2v) is 4.57. The molecule has 0 aromatic heterocycles. The molecule has 0 saturated heterocycles. The number of nitrogens with one attached hydrogen (secondary N) is 2. The molecule has 0 heterocycles. The lowest BCUT2D eigenvalue weighted by Crippen LogP contribution is -2.33. The number of rotatable bonds is 7. The fourth-order valence-electron chi connectivity index (χ4n) is 1.35. The molecular weight excluding hydrogens is 303 g/mol. The summed E-state index contributed by atoms with van der Waals surface area (Å²) in [6, 6.07) is 4.10. The van der Waals surface area contributed by atoms with Crippen LogP contribution in [0.5, 0.6) is 0 Å². The number of benzene rings is 1. The van der Waals surface area contributed by atoms with Crippen molar-refractivity contribution in [2.45, 2.75) is 0 Å². The summed E-state index contributed by atoms with van der Waals surface area (Å²) < 4.78 is 18.5. The van der Waals surface area contributed by atoms with E-state index in [2.05, 4.69) is 26.6 Å². The number of ether oxygens (including phenoxy) is 1. The first-order valence-electron chi connectivity index (χ1n) is 5.57. The van der Waals surface area contributed by atoms with E-state index in [1.165, 1.54) is 12.1 Å². The molecule has 1 rings (SSSR count). The van der Waals surface area contributed by atoms with Crippen molar-refractivity contribution < 1.29 is 13.9 Å². The van der Waals surface area contributed by atoms with Gasteiger partial charge in [-0.05, 0) is 18.2 Å². The van der Waals surface area contributed by atoms with Crippen molar-refractivity contribution in [2.24, 2.45) is 0 Å². The SMILES string of the molecule is COCCNCCNC(=O)c1cc(F)cc(Br)c1. The quantitative estimate of drug-likeness (QED) is 0.750. The van der Waals surface area contributed by atoms with Gasteiger partial charge in [-0.15, -0.1) is 0 Å². The van der Waals surface area contributed by atoms with Crippen molar-refractivity contribution in [3.8, 4) is 0 Å². The topological polar surface area (TPSA) is 50.4 Å². The second-order valence-electron chi connectivity index (χ2n) is 3.66. The third-order valence-electron chi connectivity index (χ3n) is 2.20. The highest BCUT2D eigenvalue weighted by atomic mass is 79.9. The van der Waals surface area contributed by atoms with Crippen LogP contribution >= 0.6 is 15.9 Å². The molecule has 6 heteroatoms. The maximum absolute atomic E-state index is 13.1. The molecule has 0 saturated carbocycles. The van der Waals surface area contributed by atoms with E-state index in [0.29, 0.717) is 29.7 Å². The van der Waals surface area contributed by atoms with Crippen LogP contribution in [0.15, 0.2) is 22.7 Å². The number of halogens is 2. The minimum Gasteiger partial charge on any atom is -0.383 e. The number of carbonyl (C=O) groups is 1. The van der Waals surface area contributed by atoms with Crippen molar-refractivity contribution >= 4 is 21.8 Å². The van der Waals surface area contributed by atoms with Gasteiger partial charge in [-0.3, -0.25) is 4.79 Å². The average Bonchev–Trinajstić information content (AvgIpc) is 2.32. The first-order valence-corrected chi connectivity index (χ1v) is 6.36. The van der Waals surface area contributed by atoms with Crippen molar-refractivity contribution in [3.05, 3.63) is 34.1 Å². The number of hydrogen-bond acceptors (Lipinski definition) is 3. The Hall–Kier alpha value is -0.980. The molecule has 0 aliphatic heterocycles. The number of amides is 1. The molecule has 18 heavy (non-hydrogen) atoms. The van der Waals surface area contributed by atoms with Gasteiger partial charge in [0, 0.05) is 36.8 Å². The standard InChI is InChI=1S/C12H16BrFN2O2/c1-18-5-4-15-2-3-16-12(17)9-6-10(13)8-11(14)7-9/h6-8,15H,2-5H2,1H3,(H,16,17). The Labute approximate surface area is 114 Å². The highest BCUT2D eigenvalue weighted by molar-refractivity contribution is 9.10. The van der Waals surface area contributed by atoms with Crippen LogP contribution < -0.4 is 10.6 Å². The van der Waals surface area contributed by atoms with Crippen molar-refractivity contribution in [3.63, 3.8) is 0 Å². The van der Waals surface area contributed by atoms with Crippen LogP contribution in [-0.4, -0.2) is 39.3 Å². The summed E-state index contributed by atoms with van der Waals surface area (Å²) in [5.74, 6) is -0.725. The molecule has 0 aliphatic carbocycles. The number of methoxy groups -OCH3 is 1. The Balaban J connectivity index is 2.32. The van der Waals surface area contributed by atoms with Gasteiger partial charge in [0.05, 0.1) is 6.61 Å². The van der Waals surface area contributed by atoms with Gasteiger partial charge in [-0.2, -0.15) is 0 Å². The monoisotopic (exact) mass is 318 g/mol. The van der Waals surface area contributed by atoms with Gasteiger partial charge in [0.1, 0.15) is 5.82 Å². The van der Waals surface area contributed by atoms with Gasteiger partial charge in [0.15, 0.2) is 0 Å². The van der Waals surface area contributed by atoms with E-state index in [1.807, 2.05) is 0 Å². The highest BCUT2D eigenvalue weighted by Gasteiger charge is 2.07. The van der Waals surface area contributed by atoms with E-state index in [0.717, 1.165) is 6.54 Å². The van der Waals surface area contributed by atoms with Gasteiger partial charge >= 0.3 is 0 Å². The molecule has 1 amide bonds. The summed E-state index contributed by atoms with van der Waals surface area (Å²) in [5.41, 5.74) is 0.304. The first kappa shape index (κ1) is 15.1. The van der Waals surface area contributed by atoms with Crippen molar-refractivity contribution in [1.29, 1.82) is 0 Å². The average molecular weight is 319 g/mol. The predicted octanol–water partition coefficient (Wildman–Crippen LogP) is 1.55. The van der Waals surface area contributed by atoms with E-state index >= 15 is 0 Å². The molecule has 0 bridgehead atoms. The van der Waals surface area contributed by atoms with Crippen LogP contribution in [0.3, 0.4) is 0 Å². The second kappa shape index (κ2) is 8.18. The number of hydrogen-bond donors (Lipinski definition) is 2. The normalized spacial score (nSPS) is 10.4. The van der Waals surface area contributed by atoms with Gasteiger partial charge in [0.2, 0.25) is 0 Å². The Morgan fingerprint density at radius 2 is 2.11 bits per heavy atom. The summed E-state index contributed by atoms with van der Waals surface area (Å²) in [4.78, 5) is 11.7. The van der Waals surface area contributed by atoms with E-state index in [4.69, 9.17) is 4.74 Å². The summed E-state index contributed by atoms with van der Waals surface area (Å²) in [6.07, 6.45) is 0. The molecule has 1 aromatic rings. The molecule has 0 spiro atoms. The predicted molar refractivity (Wildman–Crippen MR) is 71.2 cm³/mol. The van der Waals surface area contributed by atoms with E-state index < -0.39 is 5.82 Å². The Morgan fingerprint density at radius 3 is 2.78 bits per heavy atom. The molecule has 2 N–H and O–H groups in total. The minimum atomic E-state index is -0.437. The van der Waals surface area contributed by atoms with Crippen LogP contribution in [0.2, 0.25) is 0 Å². The maximum Gasteiger partial charge on any atom is 0.251 e. The van der Waals surface area contributed by atoms with E-state index in [-0.39, 0.29) is 5.91 Å². The Kier molecular flexibility index (Phi) is 6.85. The third kappa shape index (κ3) is 5.57. The van der Waals surface area contributed by atoms with Crippen molar-refractivity contribution in [2.75, 3.05) is 33.4 Å². The lowest BCUT2D eigenvalue weighted by molar-refractivity contribution is 0.0953. The smallest absolute Gasteiger partial charge is 0.251 e. The molecule has 0 unspecified atom stereocenters. The molecule has 0 aliphatic rings. The Morgan fingerprint density at radius 1 is 1.33 bits per heavy atom. The van der Waals surface area contributed by atoms with Gasteiger partial charge in [-0.1, -0.05) is 15.9 Å².